The monoisotopic (exact) mass is 521 g/mol. The fourth-order valence-electron chi connectivity index (χ4n) is 3.74. The van der Waals surface area contributed by atoms with Crippen molar-refractivity contribution in [1.82, 2.24) is 19.9 Å². The second-order valence-electron chi connectivity index (χ2n) is 7.72. The van der Waals surface area contributed by atoms with Crippen LogP contribution in [0.25, 0.3) is 22.4 Å². The number of ether oxygens (including phenoxy) is 2. The van der Waals surface area contributed by atoms with Gasteiger partial charge in [0, 0.05) is 31.0 Å². The minimum atomic E-state index is -0.259. The fourth-order valence-corrected chi connectivity index (χ4v) is 5.18. The number of imidazole rings is 1. The number of carbonyl (C=O) groups excluding carboxylic acids is 1. The zero-order valence-corrected chi connectivity index (χ0v) is 22.1. The van der Waals surface area contributed by atoms with Gasteiger partial charge in [0.05, 0.1) is 41.4 Å². The summed E-state index contributed by atoms with van der Waals surface area (Å²) in [5, 5.41) is 3.02. The highest BCUT2D eigenvalue weighted by atomic mass is 32.2. The Hall–Kier alpha value is -3.63. The minimum absolute atomic E-state index is 0.259. The molecule has 0 aliphatic carbocycles. The number of rotatable bonds is 8. The van der Waals surface area contributed by atoms with Gasteiger partial charge in [-0.25, -0.2) is 4.98 Å². The summed E-state index contributed by atoms with van der Waals surface area (Å²) in [4.78, 5) is 28.4. The Balaban J connectivity index is 1.63. The lowest BCUT2D eigenvalue weighted by atomic mass is 10.1. The second-order valence-corrected chi connectivity index (χ2v) is 9.40. The number of aromatic amines is 1. The van der Waals surface area contributed by atoms with Crippen molar-refractivity contribution in [2.75, 3.05) is 32.6 Å². The fraction of sp³-hybridized carbons (Fsp3) is 0.231. The molecule has 0 spiro atoms. The van der Waals surface area contributed by atoms with E-state index >= 15 is 0 Å². The first kappa shape index (κ1) is 25.5. The number of amides is 1. The predicted molar refractivity (Wildman–Crippen MR) is 148 cm³/mol. The number of nitrogens with one attached hydrogen (secondary N) is 2. The highest BCUT2D eigenvalue weighted by Gasteiger charge is 2.18. The Labute approximate surface area is 219 Å². The van der Waals surface area contributed by atoms with Crippen LogP contribution in [0.5, 0.6) is 11.5 Å². The predicted octanol–water partition coefficient (Wildman–Crippen LogP) is 5.61. The van der Waals surface area contributed by atoms with E-state index < -0.39 is 0 Å². The Kier molecular flexibility index (Phi) is 8.07. The third-order valence-corrected chi connectivity index (χ3v) is 7.16. The maximum Gasteiger partial charge on any atom is 0.257 e. The molecule has 4 rings (SSSR count). The maximum atomic E-state index is 13.4. The van der Waals surface area contributed by atoms with E-state index in [0.717, 1.165) is 27.9 Å². The molecule has 8 nitrogen and oxygen atoms in total. The molecule has 4 aromatic rings. The van der Waals surface area contributed by atoms with Gasteiger partial charge in [-0.3, -0.25) is 9.78 Å². The van der Waals surface area contributed by atoms with E-state index in [4.69, 9.17) is 26.7 Å². The van der Waals surface area contributed by atoms with Crippen molar-refractivity contribution in [1.29, 1.82) is 0 Å². The largest absolute Gasteiger partial charge is 0.493 e. The molecule has 36 heavy (non-hydrogen) atoms. The average molecular weight is 522 g/mol. The lowest BCUT2D eigenvalue weighted by Crippen LogP contribution is -2.26. The van der Waals surface area contributed by atoms with Gasteiger partial charge >= 0.3 is 0 Å². The third kappa shape index (κ3) is 5.29. The molecule has 10 heteroatoms. The number of methoxy groups -OCH3 is 2. The number of benzene rings is 2. The van der Waals surface area contributed by atoms with Gasteiger partial charge in [0.25, 0.3) is 5.91 Å². The van der Waals surface area contributed by atoms with Crippen LogP contribution in [0.3, 0.4) is 0 Å². The van der Waals surface area contributed by atoms with Crippen LogP contribution >= 0.6 is 24.0 Å². The van der Waals surface area contributed by atoms with Gasteiger partial charge < -0.3 is 24.7 Å². The highest BCUT2D eigenvalue weighted by molar-refractivity contribution is 8.23. The van der Waals surface area contributed by atoms with Crippen molar-refractivity contribution in [3.05, 3.63) is 60.4 Å². The van der Waals surface area contributed by atoms with Crippen LogP contribution in [0.4, 0.5) is 5.69 Å². The number of para-hydroxylation sites is 1. The van der Waals surface area contributed by atoms with Gasteiger partial charge in [-0.15, -0.1) is 0 Å². The number of carbonyl (C=O) groups is 1. The van der Waals surface area contributed by atoms with Crippen LogP contribution in [-0.2, 0) is 0 Å². The van der Waals surface area contributed by atoms with E-state index in [0.29, 0.717) is 39.6 Å². The first-order chi connectivity index (χ1) is 17.5. The first-order valence-corrected chi connectivity index (χ1v) is 12.6. The standard InChI is InChI=1S/C26H27N5O3S2/c1-5-31(6-2)26(35)36-22-15-27-13-12-18(22)29-25(32)17-8-7-9-19-23(17)30-24(28-19)16-10-11-20(33-3)21(14-16)34-4/h7-15H,5-6H2,1-4H3,(H,28,30)(H,27,29,32). The van der Waals surface area contributed by atoms with Crippen molar-refractivity contribution in [3.8, 4) is 22.9 Å². The van der Waals surface area contributed by atoms with Crippen LogP contribution in [-0.4, -0.2) is 57.4 Å². The smallest absolute Gasteiger partial charge is 0.257 e. The van der Waals surface area contributed by atoms with E-state index in [2.05, 4.69) is 34.0 Å². The number of thioether (sulfide) groups is 1. The SMILES string of the molecule is CCN(CC)C(=S)Sc1cnccc1NC(=O)c1cccc2nc(-c3ccc(OC)c(OC)c3)[nH]c12. The van der Waals surface area contributed by atoms with Gasteiger partial charge in [0.2, 0.25) is 0 Å². The van der Waals surface area contributed by atoms with Gasteiger partial charge in [-0.1, -0.05) is 30.0 Å². The summed E-state index contributed by atoms with van der Waals surface area (Å²) in [7, 11) is 3.18. The number of anilines is 1. The van der Waals surface area contributed by atoms with Crippen LogP contribution in [0, 0.1) is 0 Å². The van der Waals surface area contributed by atoms with Crippen LogP contribution < -0.4 is 14.8 Å². The molecule has 0 atom stereocenters. The number of hydrogen-bond donors (Lipinski definition) is 2. The normalized spacial score (nSPS) is 10.8. The average Bonchev–Trinajstić information content (AvgIpc) is 3.34. The van der Waals surface area contributed by atoms with Crippen molar-refractivity contribution in [2.24, 2.45) is 0 Å². The zero-order valence-electron chi connectivity index (χ0n) is 20.5. The Bertz CT molecular complexity index is 1400. The van der Waals surface area contributed by atoms with E-state index in [1.54, 1.807) is 38.7 Å². The molecule has 0 saturated heterocycles. The summed E-state index contributed by atoms with van der Waals surface area (Å²) in [6, 6.07) is 12.8. The second kappa shape index (κ2) is 11.4. The molecule has 0 saturated carbocycles. The minimum Gasteiger partial charge on any atom is -0.493 e. The van der Waals surface area contributed by atoms with Crippen molar-refractivity contribution >= 4 is 50.9 Å². The lowest BCUT2D eigenvalue weighted by molar-refractivity contribution is 0.102. The van der Waals surface area contributed by atoms with Gasteiger partial charge in [-0.2, -0.15) is 0 Å². The highest BCUT2D eigenvalue weighted by Crippen LogP contribution is 2.33. The zero-order chi connectivity index (χ0) is 25.7. The molecule has 0 fully saturated rings. The third-order valence-electron chi connectivity index (χ3n) is 5.67. The number of fused-ring (bicyclic) bond motifs is 1. The maximum absolute atomic E-state index is 13.4. The van der Waals surface area contributed by atoms with E-state index in [1.807, 2.05) is 30.3 Å². The van der Waals surface area contributed by atoms with Gasteiger partial charge in [-0.05, 0) is 50.2 Å². The molecule has 186 valence electrons. The van der Waals surface area contributed by atoms with E-state index in [-0.39, 0.29) is 5.91 Å². The first-order valence-electron chi connectivity index (χ1n) is 11.4. The molecule has 0 bridgehead atoms. The van der Waals surface area contributed by atoms with Crippen molar-refractivity contribution < 1.29 is 14.3 Å². The summed E-state index contributed by atoms with van der Waals surface area (Å²) in [5.41, 5.74) is 3.26. The van der Waals surface area contributed by atoms with Crippen LogP contribution in [0.15, 0.2) is 59.8 Å². The molecule has 2 aromatic carbocycles. The Morgan fingerprint density at radius 1 is 1.11 bits per heavy atom. The van der Waals surface area contributed by atoms with Crippen LogP contribution in [0.2, 0.25) is 0 Å². The van der Waals surface area contributed by atoms with Gasteiger partial charge in [0.1, 0.15) is 10.1 Å². The molecule has 0 unspecified atom stereocenters. The number of aromatic nitrogens is 3. The summed E-state index contributed by atoms with van der Waals surface area (Å²) in [6.07, 6.45) is 3.36. The molecular formula is C26H27N5O3S2. The lowest BCUT2D eigenvalue weighted by Gasteiger charge is -2.21. The number of pyridine rings is 1. The molecule has 2 N–H and O–H groups in total. The quantitative estimate of drug-likeness (QED) is 0.228. The molecule has 1 amide bonds. The summed E-state index contributed by atoms with van der Waals surface area (Å²) in [6.45, 7) is 5.75. The molecule has 0 radical (unpaired) electrons. The topological polar surface area (TPSA) is 92.4 Å². The van der Waals surface area contributed by atoms with Crippen molar-refractivity contribution in [3.63, 3.8) is 0 Å². The molecule has 0 aliphatic rings. The molecule has 0 aliphatic heterocycles. The molecular weight excluding hydrogens is 494 g/mol. The van der Waals surface area contributed by atoms with E-state index in [9.17, 15) is 4.79 Å². The number of thiocarbonyl (C=S) groups is 1. The van der Waals surface area contributed by atoms with Crippen molar-refractivity contribution in [2.45, 2.75) is 18.7 Å². The summed E-state index contributed by atoms with van der Waals surface area (Å²) in [5.74, 6) is 1.59. The Morgan fingerprint density at radius 2 is 1.89 bits per heavy atom. The van der Waals surface area contributed by atoms with Crippen LogP contribution in [0.1, 0.15) is 24.2 Å². The summed E-state index contributed by atoms with van der Waals surface area (Å²) < 4.78 is 11.5. The van der Waals surface area contributed by atoms with Gasteiger partial charge in [0.15, 0.2) is 11.5 Å². The number of nitrogens with zero attached hydrogens (tertiary/aromatic N) is 3. The number of hydrogen-bond acceptors (Lipinski definition) is 7. The van der Waals surface area contributed by atoms with E-state index in [1.165, 1.54) is 11.8 Å². The summed E-state index contributed by atoms with van der Waals surface area (Å²) >= 11 is 7.00. The number of H-pyrrole nitrogens is 1. The molecule has 2 aromatic heterocycles. The Morgan fingerprint density at radius 3 is 2.61 bits per heavy atom. The molecule has 2 heterocycles.